The Bertz CT molecular complexity index is 3370. The summed E-state index contributed by atoms with van der Waals surface area (Å²) < 4.78 is 0. The highest BCUT2D eigenvalue weighted by Crippen LogP contribution is 2.26. The second-order valence-electron chi connectivity index (χ2n) is 26.8. The van der Waals surface area contributed by atoms with Gasteiger partial charge in [-0.05, 0) is 416 Å². The molecule has 0 bridgehead atoms. The van der Waals surface area contributed by atoms with Crippen molar-refractivity contribution in [1.82, 2.24) is 0 Å². The topological polar surface area (TPSA) is 0 Å². The van der Waals surface area contributed by atoms with Crippen LogP contribution in [0.5, 0.6) is 0 Å². The minimum absolute atomic E-state index is 1.33. The Morgan fingerprint density at radius 2 is 0.256 bits per heavy atom. The predicted molar refractivity (Wildman–Crippen MR) is 409 cm³/mol. The maximum absolute atomic E-state index is 2.26. The summed E-state index contributed by atoms with van der Waals surface area (Å²) in [5.41, 5.74) is 50.7. The average Bonchev–Trinajstić information content (AvgIpc) is 3.62. The van der Waals surface area contributed by atoms with Gasteiger partial charge in [0.25, 0.3) is 0 Å². The van der Waals surface area contributed by atoms with Crippen LogP contribution >= 0.6 is 0 Å². The number of rotatable bonds is 0. The fraction of sp³-hybridized carbons (Fsp3) is 0.400. The van der Waals surface area contributed by atoms with Gasteiger partial charge in [0.05, 0.1) is 0 Å². The summed E-state index contributed by atoms with van der Waals surface area (Å²) in [4.78, 5) is 0. The lowest BCUT2D eigenvalue weighted by Crippen LogP contribution is -1.98. The van der Waals surface area contributed by atoms with Crippen molar-refractivity contribution in [3.63, 3.8) is 0 Å². The van der Waals surface area contributed by atoms with Crippen molar-refractivity contribution in [2.75, 3.05) is 0 Å². The molecular weight excluding hydrogens is 1080 g/mol. The maximum Gasteiger partial charge on any atom is -0.0392 e. The number of hydrogen-bond acceptors (Lipinski definition) is 0. The third kappa shape index (κ3) is 25.7. The van der Waals surface area contributed by atoms with Gasteiger partial charge in [-0.25, -0.2) is 0 Å². The van der Waals surface area contributed by atoms with Gasteiger partial charge in [0.1, 0.15) is 0 Å². The summed E-state index contributed by atoms with van der Waals surface area (Å²) in [5, 5.41) is 0. The van der Waals surface area contributed by atoms with Gasteiger partial charge in [0.2, 0.25) is 0 Å². The van der Waals surface area contributed by atoms with E-state index in [2.05, 4.69) is 358 Å². The van der Waals surface area contributed by atoms with Crippen molar-refractivity contribution < 1.29 is 0 Å². The van der Waals surface area contributed by atoms with Crippen LogP contribution in [0, 0.1) is 249 Å². The molecule has 0 atom stereocenters. The summed E-state index contributed by atoms with van der Waals surface area (Å²) in [7, 11) is 0. The molecule has 0 unspecified atom stereocenters. The van der Waals surface area contributed by atoms with Crippen LogP contribution < -0.4 is 0 Å². The molecule has 0 amide bonds. The molecule has 0 heterocycles. The molecule has 90 heavy (non-hydrogen) atoms. The van der Waals surface area contributed by atoms with Gasteiger partial charge < -0.3 is 0 Å². The van der Waals surface area contributed by atoms with Crippen LogP contribution in [0.15, 0.2) is 109 Å². The lowest BCUT2D eigenvalue weighted by atomic mass is 9.90. The Kier molecular flexibility index (Phi) is 34.2. The average molecular weight is 1210 g/mol. The van der Waals surface area contributed by atoms with E-state index in [1.165, 1.54) is 200 Å². The highest BCUT2D eigenvalue weighted by Gasteiger charge is 2.09. The molecule has 9 aromatic carbocycles. The van der Waals surface area contributed by atoms with E-state index in [4.69, 9.17) is 0 Å². The Morgan fingerprint density at radius 3 is 0.456 bits per heavy atom. The smallest absolute Gasteiger partial charge is 0.0392 e. The molecule has 0 aliphatic rings. The molecule has 0 aromatic heterocycles. The molecule has 0 N–H and O–H groups in total. The van der Waals surface area contributed by atoms with Crippen molar-refractivity contribution >= 4 is 0 Å². The van der Waals surface area contributed by atoms with E-state index in [9.17, 15) is 0 Å². The molecule has 9 rings (SSSR count). The second kappa shape index (κ2) is 38.0. The quantitative estimate of drug-likeness (QED) is 0.142. The van der Waals surface area contributed by atoms with Crippen molar-refractivity contribution in [2.24, 2.45) is 0 Å². The molecule has 0 radical (unpaired) electrons. The van der Waals surface area contributed by atoms with Crippen LogP contribution in [0.3, 0.4) is 0 Å². The van der Waals surface area contributed by atoms with Gasteiger partial charge in [0, 0.05) is 0 Å². The third-order valence-electron chi connectivity index (χ3n) is 19.9. The molecule has 9 aromatic rings. The molecule has 0 fully saturated rings. The van der Waals surface area contributed by atoms with Crippen LogP contribution in [0.2, 0.25) is 0 Å². The molecule has 0 aliphatic carbocycles. The first-order chi connectivity index (χ1) is 41.6. The molecule has 0 spiro atoms. The lowest BCUT2D eigenvalue weighted by Gasteiger charge is -2.15. The predicted octanol–water partition coefficient (Wildman–Crippen LogP) is 26.3. The van der Waals surface area contributed by atoms with E-state index >= 15 is 0 Å². The van der Waals surface area contributed by atoms with E-state index in [0.29, 0.717) is 0 Å². The zero-order chi connectivity index (χ0) is 69.5. The molecule has 486 valence electrons. The number of aryl methyl sites for hydroxylation is 20. The highest BCUT2D eigenvalue weighted by molar-refractivity contribution is 5.49. The zero-order valence-electron chi connectivity index (χ0n) is 64.4. The maximum atomic E-state index is 2.26. The third-order valence-corrected chi connectivity index (χ3v) is 19.9. The van der Waals surface area contributed by atoms with Gasteiger partial charge in [-0.2, -0.15) is 0 Å². The van der Waals surface area contributed by atoms with E-state index in [-0.39, 0.29) is 0 Å². The normalized spacial score (nSPS) is 10.0. The van der Waals surface area contributed by atoms with Crippen LogP contribution in [-0.4, -0.2) is 0 Å². The first-order valence-electron chi connectivity index (χ1n) is 32.9. The fourth-order valence-electron chi connectivity index (χ4n) is 10.5. The number of hydrogen-bond donors (Lipinski definition) is 0. The molecule has 0 heteroatoms. The van der Waals surface area contributed by atoms with Crippen LogP contribution in [0.25, 0.3) is 0 Å². The zero-order valence-corrected chi connectivity index (χ0v) is 64.4. The summed E-state index contributed by atoms with van der Waals surface area (Å²) in [5.74, 6) is 0. The summed E-state index contributed by atoms with van der Waals surface area (Å²) in [6.45, 7) is 78.1. The first-order valence-corrected chi connectivity index (χ1v) is 32.9. The molecule has 0 aliphatic heterocycles. The van der Waals surface area contributed by atoms with Gasteiger partial charge in [0.15, 0.2) is 0 Å². The first kappa shape index (κ1) is 81.0. The highest BCUT2D eigenvalue weighted by atomic mass is 14.1. The van der Waals surface area contributed by atoms with Gasteiger partial charge in [-0.1, -0.05) is 143 Å². The summed E-state index contributed by atoms with van der Waals surface area (Å²) in [6, 6.07) is 39.3. The van der Waals surface area contributed by atoms with Crippen molar-refractivity contribution in [3.05, 3.63) is 309 Å². The Morgan fingerprint density at radius 1 is 0.100 bits per heavy atom. The standard InChI is InChI=1S/C12H18.2C11H16.3C10H14.2C9H12.C8H10/c1-7-8(2)10(4)12(6)11(5)9(7)3;2*1-7-6-8(2)10(4)11(5)9(7)3;2*1-7-5-8(2)10(4)9(3)6-7;1-7-5-6-8(2)10(4)9(7)3;2*1-7-4-5-8(2)9(3)6-7;1-7-3-5-8(2)6-4-7/h1-6H3;2*6H,1-5H3;3*5-6H,1-4H3;2*4-6H,1-3H3;3-6H,1-2H3. The van der Waals surface area contributed by atoms with Crippen LogP contribution in [0.4, 0.5) is 0 Å². The largest absolute Gasteiger partial charge is 0.0591 e. The van der Waals surface area contributed by atoms with Gasteiger partial charge in [-0.3, -0.25) is 0 Å². The van der Waals surface area contributed by atoms with Crippen molar-refractivity contribution in [1.29, 1.82) is 0 Å². The van der Waals surface area contributed by atoms with E-state index in [1.54, 1.807) is 0 Å². The lowest BCUT2D eigenvalue weighted by molar-refractivity contribution is 1.13. The van der Waals surface area contributed by atoms with E-state index in [1.807, 2.05) is 0 Å². The SMILES string of the molecule is Cc1c(C)c(C)c(C)c(C)c1C.Cc1cc(C)c(C)c(C)c1.Cc1cc(C)c(C)c(C)c1.Cc1cc(C)c(C)c(C)c1C.Cc1cc(C)c(C)c(C)c1C.Cc1ccc(C)c(C)c1.Cc1ccc(C)c(C)c1.Cc1ccc(C)c(C)c1C.Cc1ccc(C)cc1. The Balaban J connectivity index is 0.000000507. The van der Waals surface area contributed by atoms with Gasteiger partial charge in [-0.15, -0.1) is 0 Å². The molecule has 0 saturated heterocycles. The van der Waals surface area contributed by atoms with Crippen molar-refractivity contribution in [2.45, 2.75) is 249 Å². The second-order valence-corrected chi connectivity index (χ2v) is 26.8. The van der Waals surface area contributed by atoms with Crippen LogP contribution in [-0.2, 0) is 0 Å². The number of benzene rings is 9. The Labute approximate surface area is 555 Å². The monoisotopic (exact) mass is 1210 g/mol. The van der Waals surface area contributed by atoms with Crippen molar-refractivity contribution in [3.8, 4) is 0 Å². The minimum Gasteiger partial charge on any atom is -0.0591 e. The molecule has 0 saturated carbocycles. The molecular formula is C90H126. The summed E-state index contributed by atoms with van der Waals surface area (Å²) in [6.07, 6.45) is 0. The van der Waals surface area contributed by atoms with E-state index in [0.717, 1.165) is 0 Å². The summed E-state index contributed by atoms with van der Waals surface area (Å²) >= 11 is 0. The van der Waals surface area contributed by atoms with Gasteiger partial charge >= 0.3 is 0 Å². The fourth-order valence-corrected chi connectivity index (χ4v) is 10.5. The molecule has 0 nitrogen and oxygen atoms in total. The minimum atomic E-state index is 1.33. The van der Waals surface area contributed by atoms with E-state index < -0.39 is 0 Å². The van der Waals surface area contributed by atoms with Crippen LogP contribution in [0.1, 0.15) is 200 Å². The Hall–Kier alpha value is -7.02.